The molecule has 0 saturated heterocycles. The first-order valence-corrected chi connectivity index (χ1v) is 8.70. The van der Waals surface area contributed by atoms with E-state index in [2.05, 4.69) is 10.5 Å². The summed E-state index contributed by atoms with van der Waals surface area (Å²) in [6.45, 7) is 0.0427. The Morgan fingerprint density at radius 2 is 2.29 bits per heavy atom. The number of hydrogen-bond acceptors (Lipinski definition) is 6. The third-order valence-corrected chi connectivity index (χ3v) is 4.64. The van der Waals surface area contributed by atoms with E-state index in [0.717, 1.165) is 24.2 Å². The van der Waals surface area contributed by atoms with Crippen molar-refractivity contribution >= 4 is 17.2 Å². The molecule has 3 aromatic heterocycles. The predicted octanol–water partition coefficient (Wildman–Crippen LogP) is 3.34. The molecule has 7 heteroatoms. The van der Waals surface area contributed by atoms with Gasteiger partial charge < -0.3 is 19.4 Å². The van der Waals surface area contributed by atoms with Crippen LogP contribution in [0.5, 0.6) is 0 Å². The number of rotatable bonds is 6. The molecule has 1 aliphatic carbocycles. The zero-order chi connectivity index (χ0) is 16.5. The van der Waals surface area contributed by atoms with Crippen LogP contribution in [-0.4, -0.2) is 22.7 Å². The second kappa shape index (κ2) is 6.26. The van der Waals surface area contributed by atoms with E-state index in [-0.39, 0.29) is 18.1 Å². The normalized spacial score (nSPS) is 15.4. The highest BCUT2D eigenvalue weighted by Gasteiger charge is 2.29. The summed E-state index contributed by atoms with van der Waals surface area (Å²) in [5, 5.41) is 20.5. The first kappa shape index (κ1) is 15.2. The topological polar surface area (TPSA) is 88.5 Å². The van der Waals surface area contributed by atoms with E-state index in [1.165, 1.54) is 0 Å². The van der Waals surface area contributed by atoms with Gasteiger partial charge in [-0.15, -0.1) is 0 Å². The number of nitrogens with zero attached hydrogens (tertiary/aromatic N) is 1. The molecule has 6 nitrogen and oxygen atoms in total. The van der Waals surface area contributed by atoms with Crippen LogP contribution in [0, 0.1) is 0 Å². The number of aromatic nitrogens is 1. The Balaban J connectivity index is 1.35. The van der Waals surface area contributed by atoms with Crippen molar-refractivity contribution in [3.8, 4) is 11.3 Å². The maximum atomic E-state index is 12.1. The van der Waals surface area contributed by atoms with Gasteiger partial charge in [-0.3, -0.25) is 4.79 Å². The molecule has 1 aliphatic rings. The van der Waals surface area contributed by atoms with Crippen LogP contribution in [-0.2, 0) is 0 Å². The molecule has 1 saturated carbocycles. The zero-order valence-electron chi connectivity index (χ0n) is 12.8. The van der Waals surface area contributed by atoms with E-state index >= 15 is 0 Å². The minimum absolute atomic E-state index is 0.0427. The van der Waals surface area contributed by atoms with E-state index in [1.807, 2.05) is 22.9 Å². The molecule has 2 N–H and O–H groups in total. The van der Waals surface area contributed by atoms with Crippen molar-refractivity contribution in [1.29, 1.82) is 0 Å². The summed E-state index contributed by atoms with van der Waals surface area (Å²) in [5.41, 5.74) is 1.21. The van der Waals surface area contributed by atoms with Crippen LogP contribution < -0.4 is 5.32 Å². The number of amides is 1. The Morgan fingerprint density at radius 1 is 1.42 bits per heavy atom. The monoisotopic (exact) mass is 344 g/mol. The van der Waals surface area contributed by atoms with Crippen molar-refractivity contribution < 1.29 is 18.8 Å². The highest BCUT2D eigenvalue weighted by molar-refractivity contribution is 7.08. The molecule has 124 valence electrons. The molecule has 1 fully saturated rings. The first-order chi connectivity index (χ1) is 11.7. The van der Waals surface area contributed by atoms with Crippen LogP contribution in [0.1, 0.15) is 46.9 Å². The van der Waals surface area contributed by atoms with Gasteiger partial charge in [-0.1, -0.05) is 5.16 Å². The number of hydrogen-bond donors (Lipinski definition) is 2. The summed E-state index contributed by atoms with van der Waals surface area (Å²) < 4.78 is 10.8. The fourth-order valence-corrected chi connectivity index (χ4v) is 3.07. The Morgan fingerprint density at radius 3 is 3.04 bits per heavy atom. The second-order valence-corrected chi connectivity index (χ2v) is 6.61. The Bertz CT molecular complexity index is 833. The van der Waals surface area contributed by atoms with Gasteiger partial charge in [-0.05, 0) is 36.4 Å². The van der Waals surface area contributed by atoms with Crippen LogP contribution in [0.15, 0.2) is 44.0 Å². The highest BCUT2D eigenvalue weighted by atomic mass is 32.1. The molecular weight excluding hydrogens is 328 g/mol. The number of thiophene rings is 1. The van der Waals surface area contributed by atoms with Crippen molar-refractivity contribution in [2.45, 2.75) is 24.9 Å². The molecule has 0 aliphatic heterocycles. The number of nitrogens with one attached hydrogen (secondary N) is 1. The standard InChI is InChI=1S/C17H16N2O4S/c20-13(15-4-3-14(22-15)11-5-6-24-9-11)8-18-17(21)12-7-16(23-19-12)10-1-2-10/h3-7,9-10,13,20H,1-2,8H2,(H,18,21)/t13-/m0/s1. The summed E-state index contributed by atoms with van der Waals surface area (Å²) >= 11 is 1.58. The molecular formula is C17H16N2O4S. The SMILES string of the molecule is O=C(NC[C@H](O)c1ccc(-c2ccsc2)o1)c1cc(C2CC2)on1. The molecule has 4 rings (SSSR count). The van der Waals surface area contributed by atoms with E-state index < -0.39 is 6.10 Å². The minimum Gasteiger partial charge on any atom is -0.458 e. The number of aliphatic hydroxyl groups excluding tert-OH is 1. The molecule has 0 unspecified atom stereocenters. The smallest absolute Gasteiger partial charge is 0.273 e. The summed E-state index contributed by atoms with van der Waals surface area (Å²) in [6.07, 6.45) is 1.25. The molecule has 0 bridgehead atoms. The second-order valence-electron chi connectivity index (χ2n) is 5.83. The molecule has 0 radical (unpaired) electrons. The van der Waals surface area contributed by atoms with Gasteiger partial charge in [0.15, 0.2) is 5.69 Å². The number of aliphatic hydroxyl groups is 1. The van der Waals surface area contributed by atoms with Crippen LogP contribution in [0.4, 0.5) is 0 Å². The summed E-state index contributed by atoms with van der Waals surface area (Å²) in [4.78, 5) is 12.1. The molecule has 24 heavy (non-hydrogen) atoms. The van der Waals surface area contributed by atoms with Crippen molar-refractivity contribution in [2.75, 3.05) is 6.54 Å². The van der Waals surface area contributed by atoms with Gasteiger partial charge in [-0.25, -0.2) is 0 Å². The lowest BCUT2D eigenvalue weighted by Gasteiger charge is -2.08. The van der Waals surface area contributed by atoms with Crippen LogP contribution >= 0.6 is 11.3 Å². The zero-order valence-corrected chi connectivity index (χ0v) is 13.6. The van der Waals surface area contributed by atoms with E-state index in [9.17, 15) is 9.90 Å². The lowest BCUT2D eigenvalue weighted by molar-refractivity contribution is 0.0893. The van der Waals surface area contributed by atoms with Gasteiger partial charge in [0.25, 0.3) is 5.91 Å². The molecule has 1 atom stereocenters. The maximum Gasteiger partial charge on any atom is 0.273 e. The van der Waals surface area contributed by atoms with Crippen LogP contribution in [0.2, 0.25) is 0 Å². The number of carbonyl (C=O) groups is 1. The Kier molecular flexibility index (Phi) is 3.95. The summed E-state index contributed by atoms with van der Waals surface area (Å²) in [7, 11) is 0. The Labute approximate surface area is 142 Å². The third kappa shape index (κ3) is 3.13. The fourth-order valence-electron chi connectivity index (χ4n) is 2.43. The van der Waals surface area contributed by atoms with Crippen molar-refractivity contribution in [3.05, 3.63) is 52.2 Å². The van der Waals surface area contributed by atoms with Gasteiger partial charge in [0, 0.05) is 22.9 Å². The van der Waals surface area contributed by atoms with Gasteiger partial charge in [-0.2, -0.15) is 11.3 Å². The van der Waals surface area contributed by atoms with Crippen molar-refractivity contribution in [3.63, 3.8) is 0 Å². The predicted molar refractivity (Wildman–Crippen MR) is 87.8 cm³/mol. The molecule has 1 amide bonds. The largest absolute Gasteiger partial charge is 0.458 e. The lowest BCUT2D eigenvalue weighted by atomic mass is 10.2. The molecule has 3 aromatic rings. The number of furan rings is 1. The average Bonchev–Trinajstić information content (AvgIpc) is 3.07. The van der Waals surface area contributed by atoms with Gasteiger partial charge in [0.2, 0.25) is 0 Å². The first-order valence-electron chi connectivity index (χ1n) is 7.76. The van der Waals surface area contributed by atoms with Crippen LogP contribution in [0.25, 0.3) is 11.3 Å². The van der Waals surface area contributed by atoms with Crippen LogP contribution in [0.3, 0.4) is 0 Å². The quantitative estimate of drug-likeness (QED) is 0.716. The molecule has 3 heterocycles. The molecule has 0 aromatic carbocycles. The number of carbonyl (C=O) groups excluding carboxylic acids is 1. The van der Waals surface area contributed by atoms with Gasteiger partial charge >= 0.3 is 0 Å². The molecule has 0 spiro atoms. The van der Waals surface area contributed by atoms with E-state index in [1.54, 1.807) is 23.5 Å². The summed E-state index contributed by atoms with van der Waals surface area (Å²) in [6, 6.07) is 7.14. The van der Waals surface area contributed by atoms with Crippen molar-refractivity contribution in [2.24, 2.45) is 0 Å². The highest BCUT2D eigenvalue weighted by Crippen LogP contribution is 2.40. The maximum absolute atomic E-state index is 12.1. The van der Waals surface area contributed by atoms with Gasteiger partial charge in [0.1, 0.15) is 23.4 Å². The van der Waals surface area contributed by atoms with Gasteiger partial charge in [0.05, 0.1) is 6.54 Å². The van der Waals surface area contributed by atoms with Crippen molar-refractivity contribution in [1.82, 2.24) is 10.5 Å². The lowest BCUT2D eigenvalue weighted by Crippen LogP contribution is -2.28. The van der Waals surface area contributed by atoms with E-state index in [4.69, 9.17) is 8.94 Å². The van der Waals surface area contributed by atoms with E-state index in [0.29, 0.717) is 17.4 Å². The minimum atomic E-state index is -0.920. The Hall–Kier alpha value is -2.38. The fraction of sp³-hybridized carbons (Fsp3) is 0.294. The summed E-state index contributed by atoms with van der Waals surface area (Å²) in [5.74, 6) is 1.90. The average molecular weight is 344 g/mol. The third-order valence-electron chi connectivity index (χ3n) is 3.96.